The number of carbonyl (C=O) groups is 1. The van der Waals surface area contributed by atoms with Crippen molar-refractivity contribution in [2.45, 2.75) is 25.8 Å². The molecule has 2 fully saturated rings. The van der Waals surface area contributed by atoms with Gasteiger partial charge in [-0.15, -0.1) is 0 Å². The van der Waals surface area contributed by atoms with E-state index in [1.807, 2.05) is 6.92 Å². The molecular formula is C14H26N2O3. The molecule has 5 heteroatoms. The molecular weight excluding hydrogens is 244 g/mol. The normalized spacial score (nSPS) is 28.0. The first kappa shape index (κ1) is 14.8. The van der Waals surface area contributed by atoms with Crippen LogP contribution in [0.2, 0.25) is 0 Å². The van der Waals surface area contributed by atoms with Gasteiger partial charge >= 0.3 is 5.97 Å². The highest BCUT2D eigenvalue weighted by Gasteiger charge is 2.29. The molecule has 0 aromatic heterocycles. The van der Waals surface area contributed by atoms with Crippen LogP contribution in [0.25, 0.3) is 0 Å². The molecule has 1 unspecified atom stereocenters. The van der Waals surface area contributed by atoms with E-state index in [1.165, 1.54) is 20.0 Å². The lowest BCUT2D eigenvalue weighted by Gasteiger charge is -2.38. The van der Waals surface area contributed by atoms with E-state index >= 15 is 0 Å². The van der Waals surface area contributed by atoms with Crippen LogP contribution in [0, 0.1) is 5.92 Å². The molecule has 0 N–H and O–H groups in total. The number of nitrogens with zero attached hydrogens (tertiary/aromatic N) is 2. The molecule has 0 radical (unpaired) electrons. The largest absolute Gasteiger partial charge is 0.468 e. The smallest absolute Gasteiger partial charge is 0.322 e. The van der Waals surface area contributed by atoms with Crippen molar-refractivity contribution in [3.8, 4) is 0 Å². The van der Waals surface area contributed by atoms with Gasteiger partial charge in [0.1, 0.15) is 6.04 Å². The third-order valence-electron chi connectivity index (χ3n) is 4.26. The van der Waals surface area contributed by atoms with Crippen LogP contribution in [0.15, 0.2) is 0 Å². The highest BCUT2D eigenvalue weighted by atomic mass is 16.5. The SMILES string of the molecule is COC(=O)C(C)N1CCC[C@@H](CN2CCOCC2)C1. The van der Waals surface area contributed by atoms with Crippen LogP contribution in [0.1, 0.15) is 19.8 Å². The molecule has 5 nitrogen and oxygen atoms in total. The summed E-state index contributed by atoms with van der Waals surface area (Å²) in [5.74, 6) is 0.547. The molecule has 0 bridgehead atoms. The highest BCUT2D eigenvalue weighted by Crippen LogP contribution is 2.20. The molecule has 2 saturated heterocycles. The number of morpholine rings is 1. The van der Waals surface area contributed by atoms with Crippen molar-refractivity contribution in [2.24, 2.45) is 5.92 Å². The Morgan fingerprint density at radius 3 is 2.79 bits per heavy atom. The summed E-state index contributed by atoms with van der Waals surface area (Å²) >= 11 is 0. The number of hydrogen-bond donors (Lipinski definition) is 0. The number of ether oxygens (including phenoxy) is 2. The summed E-state index contributed by atoms with van der Waals surface area (Å²) < 4.78 is 10.2. The second-order valence-electron chi connectivity index (χ2n) is 5.62. The molecule has 0 saturated carbocycles. The van der Waals surface area contributed by atoms with Crippen LogP contribution < -0.4 is 0 Å². The van der Waals surface area contributed by atoms with E-state index in [-0.39, 0.29) is 12.0 Å². The fourth-order valence-corrected chi connectivity index (χ4v) is 3.07. The lowest BCUT2D eigenvalue weighted by atomic mass is 9.96. The summed E-state index contributed by atoms with van der Waals surface area (Å²) in [4.78, 5) is 16.4. The summed E-state index contributed by atoms with van der Waals surface area (Å²) in [6.45, 7) is 8.90. The van der Waals surface area contributed by atoms with Crippen molar-refractivity contribution in [2.75, 3.05) is 53.0 Å². The summed E-state index contributed by atoms with van der Waals surface area (Å²) in [5.41, 5.74) is 0. The lowest BCUT2D eigenvalue weighted by Crippen LogP contribution is -2.49. The molecule has 2 atom stereocenters. The summed E-state index contributed by atoms with van der Waals surface area (Å²) in [7, 11) is 1.47. The van der Waals surface area contributed by atoms with E-state index in [9.17, 15) is 4.79 Å². The minimum atomic E-state index is -0.118. The van der Waals surface area contributed by atoms with Crippen LogP contribution >= 0.6 is 0 Å². The Morgan fingerprint density at radius 1 is 1.37 bits per heavy atom. The average molecular weight is 270 g/mol. The van der Waals surface area contributed by atoms with Gasteiger partial charge in [0.05, 0.1) is 20.3 Å². The van der Waals surface area contributed by atoms with Gasteiger partial charge in [-0.3, -0.25) is 14.6 Å². The Kier molecular flexibility index (Phi) is 5.60. The van der Waals surface area contributed by atoms with Gasteiger partial charge in [-0.2, -0.15) is 0 Å². The molecule has 2 aliphatic rings. The average Bonchev–Trinajstić information content (AvgIpc) is 2.47. The Balaban J connectivity index is 1.81. The van der Waals surface area contributed by atoms with Gasteiger partial charge < -0.3 is 9.47 Å². The summed E-state index contributed by atoms with van der Waals surface area (Å²) in [6.07, 6.45) is 2.44. The second-order valence-corrected chi connectivity index (χ2v) is 5.62. The first-order valence-electron chi connectivity index (χ1n) is 7.32. The zero-order valence-electron chi connectivity index (χ0n) is 12.1. The van der Waals surface area contributed by atoms with Crippen molar-refractivity contribution < 1.29 is 14.3 Å². The minimum Gasteiger partial charge on any atom is -0.468 e. The summed E-state index contributed by atoms with van der Waals surface area (Å²) in [5, 5.41) is 0. The van der Waals surface area contributed by atoms with Crippen LogP contribution in [0.5, 0.6) is 0 Å². The quantitative estimate of drug-likeness (QED) is 0.700. The van der Waals surface area contributed by atoms with Crippen LogP contribution in [-0.2, 0) is 14.3 Å². The number of piperidine rings is 1. The standard InChI is InChI=1S/C14H26N2O3/c1-12(14(17)18-2)16-5-3-4-13(11-16)10-15-6-8-19-9-7-15/h12-13H,3-11H2,1-2H3/t12?,13-/m0/s1. The first-order chi connectivity index (χ1) is 9.20. The maximum atomic E-state index is 11.6. The zero-order valence-corrected chi connectivity index (χ0v) is 12.1. The monoisotopic (exact) mass is 270 g/mol. The minimum absolute atomic E-state index is 0.113. The van der Waals surface area contributed by atoms with Crippen molar-refractivity contribution in [1.82, 2.24) is 9.80 Å². The highest BCUT2D eigenvalue weighted by molar-refractivity contribution is 5.75. The van der Waals surface area contributed by atoms with E-state index in [2.05, 4.69) is 9.80 Å². The third kappa shape index (κ3) is 4.16. The lowest BCUT2D eigenvalue weighted by molar-refractivity contribution is -0.147. The molecule has 0 spiro atoms. The van der Waals surface area contributed by atoms with E-state index in [0.29, 0.717) is 5.92 Å². The van der Waals surface area contributed by atoms with Gasteiger partial charge in [0.15, 0.2) is 0 Å². The van der Waals surface area contributed by atoms with E-state index in [4.69, 9.17) is 9.47 Å². The Hall–Kier alpha value is -0.650. The molecule has 19 heavy (non-hydrogen) atoms. The maximum absolute atomic E-state index is 11.6. The Morgan fingerprint density at radius 2 is 2.11 bits per heavy atom. The summed E-state index contributed by atoms with van der Waals surface area (Å²) in [6, 6.07) is -0.113. The molecule has 2 aliphatic heterocycles. The number of hydrogen-bond acceptors (Lipinski definition) is 5. The molecule has 0 aromatic rings. The third-order valence-corrected chi connectivity index (χ3v) is 4.26. The molecule has 2 heterocycles. The molecule has 0 amide bonds. The van der Waals surface area contributed by atoms with Crippen molar-refractivity contribution >= 4 is 5.97 Å². The van der Waals surface area contributed by atoms with Crippen LogP contribution in [-0.4, -0.2) is 74.9 Å². The number of rotatable bonds is 4. The number of carbonyl (C=O) groups excluding carboxylic acids is 1. The van der Waals surface area contributed by atoms with E-state index in [0.717, 1.165) is 45.9 Å². The predicted octanol–water partition coefficient (Wildman–Crippen LogP) is 0.592. The van der Waals surface area contributed by atoms with Gasteiger partial charge in [-0.25, -0.2) is 0 Å². The van der Waals surface area contributed by atoms with Gasteiger partial charge in [-0.1, -0.05) is 0 Å². The van der Waals surface area contributed by atoms with Crippen LogP contribution in [0.3, 0.4) is 0 Å². The number of likely N-dealkylation sites (tertiary alicyclic amines) is 1. The number of esters is 1. The Bertz CT molecular complexity index is 292. The van der Waals surface area contributed by atoms with Crippen molar-refractivity contribution in [3.63, 3.8) is 0 Å². The van der Waals surface area contributed by atoms with Crippen molar-refractivity contribution in [3.05, 3.63) is 0 Å². The fourth-order valence-electron chi connectivity index (χ4n) is 3.07. The fraction of sp³-hybridized carbons (Fsp3) is 0.929. The van der Waals surface area contributed by atoms with Crippen LogP contribution in [0.4, 0.5) is 0 Å². The molecule has 0 aliphatic carbocycles. The van der Waals surface area contributed by atoms with E-state index in [1.54, 1.807) is 0 Å². The molecule has 2 rings (SSSR count). The van der Waals surface area contributed by atoms with Crippen molar-refractivity contribution in [1.29, 1.82) is 0 Å². The first-order valence-corrected chi connectivity index (χ1v) is 7.32. The van der Waals surface area contributed by atoms with Gasteiger partial charge in [0, 0.05) is 26.2 Å². The molecule has 0 aromatic carbocycles. The molecule has 110 valence electrons. The predicted molar refractivity (Wildman–Crippen MR) is 73.0 cm³/mol. The number of methoxy groups -OCH3 is 1. The van der Waals surface area contributed by atoms with Gasteiger partial charge in [-0.05, 0) is 32.2 Å². The maximum Gasteiger partial charge on any atom is 0.322 e. The van der Waals surface area contributed by atoms with Gasteiger partial charge in [0.25, 0.3) is 0 Å². The second kappa shape index (κ2) is 7.22. The topological polar surface area (TPSA) is 42.0 Å². The van der Waals surface area contributed by atoms with Gasteiger partial charge in [0.2, 0.25) is 0 Å². The zero-order chi connectivity index (χ0) is 13.7. The Labute approximate surface area is 115 Å². The van der Waals surface area contributed by atoms with E-state index < -0.39 is 0 Å².